The number of benzene rings is 2. The number of hydrogen-bond donors (Lipinski definition) is 0. The van der Waals surface area contributed by atoms with E-state index < -0.39 is 0 Å². The van der Waals surface area contributed by atoms with Crippen LogP contribution in [0.2, 0.25) is 0 Å². The summed E-state index contributed by atoms with van der Waals surface area (Å²) in [5.74, 6) is 0.905. The monoisotopic (exact) mass is 426 g/mol. The maximum Gasteiger partial charge on any atom is 0.128 e. The number of aryl methyl sites for hydroxylation is 1. The van der Waals surface area contributed by atoms with Crippen LogP contribution in [0.4, 0.5) is 0 Å². The van der Waals surface area contributed by atoms with Gasteiger partial charge in [-0.1, -0.05) is 57.9 Å². The molecule has 4 aromatic rings. The molecule has 2 heterocycles. The van der Waals surface area contributed by atoms with Crippen molar-refractivity contribution in [2.24, 2.45) is 0 Å². The van der Waals surface area contributed by atoms with E-state index in [0.29, 0.717) is 0 Å². The number of rotatable bonds is 4. The van der Waals surface area contributed by atoms with Crippen molar-refractivity contribution >= 4 is 49.2 Å². The standard InChI is InChI=1S/C20H15BrN2S2/c1-13-2-4-14(5-3-13)10-24-19-18-17(11-25-20(18)23-12-22-19)15-6-8-16(21)9-7-15/h2-9,11-12H,10H2,1H3. The minimum Gasteiger partial charge on any atom is -0.229 e. The third-order valence-electron chi connectivity index (χ3n) is 3.99. The van der Waals surface area contributed by atoms with Crippen LogP contribution in [0.1, 0.15) is 11.1 Å². The second-order valence-corrected chi connectivity index (χ2v) is 8.53. The van der Waals surface area contributed by atoms with Gasteiger partial charge >= 0.3 is 0 Å². The molecule has 2 nitrogen and oxygen atoms in total. The molecule has 0 bridgehead atoms. The first-order valence-corrected chi connectivity index (χ1v) is 10.5. The molecule has 25 heavy (non-hydrogen) atoms. The molecule has 2 aromatic heterocycles. The Morgan fingerprint density at radius 3 is 2.52 bits per heavy atom. The van der Waals surface area contributed by atoms with Crippen LogP contribution in [-0.4, -0.2) is 9.97 Å². The molecule has 0 amide bonds. The van der Waals surface area contributed by atoms with Crippen LogP contribution < -0.4 is 0 Å². The van der Waals surface area contributed by atoms with Gasteiger partial charge in [0.1, 0.15) is 16.2 Å². The quantitative estimate of drug-likeness (QED) is 0.267. The zero-order valence-corrected chi connectivity index (χ0v) is 16.8. The van der Waals surface area contributed by atoms with Crippen LogP contribution in [-0.2, 0) is 5.75 Å². The number of halogens is 1. The van der Waals surface area contributed by atoms with E-state index in [0.717, 1.165) is 25.5 Å². The number of hydrogen-bond acceptors (Lipinski definition) is 4. The van der Waals surface area contributed by atoms with Gasteiger partial charge in [0.2, 0.25) is 0 Å². The highest BCUT2D eigenvalue weighted by atomic mass is 79.9. The van der Waals surface area contributed by atoms with E-state index >= 15 is 0 Å². The summed E-state index contributed by atoms with van der Waals surface area (Å²) in [5.41, 5.74) is 5.00. The van der Waals surface area contributed by atoms with Crippen molar-refractivity contribution in [2.75, 3.05) is 0 Å². The minimum absolute atomic E-state index is 0.905. The summed E-state index contributed by atoms with van der Waals surface area (Å²) < 4.78 is 1.08. The Morgan fingerprint density at radius 1 is 1.00 bits per heavy atom. The number of nitrogens with zero attached hydrogens (tertiary/aromatic N) is 2. The van der Waals surface area contributed by atoms with E-state index in [4.69, 9.17) is 0 Å². The number of fused-ring (bicyclic) bond motifs is 1. The Balaban J connectivity index is 1.70. The Morgan fingerprint density at radius 2 is 1.76 bits per heavy atom. The molecule has 4 rings (SSSR count). The van der Waals surface area contributed by atoms with Crippen LogP contribution in [0.3, 0.4) is 0 Å². The second kappa shape index (κ2) is 7.28. The summed E-state index contributed by atoms with van der Waals surface area (Å²) in [5, 5.41) is 4.38. The Labute approximate surface area is 163 Å². The van der Waals surface area contributed by atoms with Crippen molar-refractivity contribution in [3.63, 3.8) is 0 Å². The van der Waals surface area contributed by atoms with Crippen molar-refractivity contribution in [2.45, 2.75) is 17.7 Å². The van der Waals surface area contributed by atoms with Crippen molar-refractivity contribution in [1.29, 1.82) is 0 Å². The van der Waals surface area contributed by atoms with Crippen molar-refractivity contribution in [3.05, 3.63) is 75.8 Å². The van der Waals surface area contributed by atoms with Crippen molar-refractivity contribution < 1.29 is 0 Å². The predicted octanol–water partition coefficient (Wildman–Crippen LogP) is 6.72. The van der Waals surface area contributed by atoms with E-state index in [1.165, 1.54) is 22.3 Å². The van der Waals surface area contributed by atoms with Gasteiger partial charge in [0.05, 0.1) is 5.39 Å². The highest BCUT2D eigenvalue weighted by molar-refractivity contribution is 9.10. The summed E-state index contributed by atoms with van der Waals surface area (Å²) in [7, 11) is 0. The lowest BCUT2D eigenvalue weighted by Gasteiger charge is -2.06. The summed E-state index contributed by atoms with van der Waals surface area (Å²) in [6.07, 6.45) is 1.67. The molecule has 2 aromatic carbocycles. The molecule has 0 aliphatic rings. The van der Waals surface area contributed by atoms with E-state index in [2.05, 4.69) is 86.7 Å². The van der Waals surface area contributed by atoms with Crippen LogP contribution in [0.25, 0.3) is 21.3 Å². The fourth-order valence-electron chi connectivity index (χ4n) is 2.64. The maximum atomic E-state index is 4.56. The number of thioether (sulfide) groups is 1. The van der Waals surface area contributed by atoms with Gasteiger partial charge in [-0.15, -0.1) is 23.1 Å². The lowest BCUT2D eigenvalue weighted by Crippen LogP contribution is -1.87. The minimum atomic E-state index is 0.905. The molecule has 5 heteroatoms. The van der Waals surface area contributed by atoms with Gasteiger partial charge in [-0.3, -0.25) is 0 Å². The number of aromatic nitrogens is 2. The van der Waals surface area contributed by atoms with Crippen LogP contribution in [0.15, 0.2) is 69.7 Å². The Hall–Kier alpha value is -1.69. The molecule has 0 saturated carbocycles. The first-order valence-electron chi connectivity index (χ1n) is 7.87. The largest absolute Gasteiger partial charge is 0.229 e. The molecule has 0 atom stereocenters. The smallest absolute Gasteiger partial charge is 0.128 e. The fraction of sp³-hybridized carbons (Fsp3) is 0.100. The van der Waals surface area contributed by atoms with Gasteiger partial charge in [0.15, 0.2) is 0 Å². The predicted molar refractivity (Wildman–Crippen MR) is 111 cm³/mol. The van der Waals surface area contributed by atoms with Gasteiger partial charge in [0, 0.05) is 21.2 Å². The van der Waals surface area contributed by atoms with E-state index in [1.54, 1.807) is 29.4 Å². The molecular weight excluding hydrogens is 412 g/mol. The third kappa shape index (κ3) is 3.64. The average Bonchev–Trinajstić information content (AvgIpc) is 3.07. The molecule has 124 valence electrons. The van der Waals surface area contributed by atoms with Crippen LogP contribution >= 0.6 is 39.0 Å². The second-order valence-electron chi connectivity index (χ2n) is 5.79. The van der Waals surface area contributed by atoms with E-state index in [-0.39, 0.29) is 0 Å². The van der Waals surface area contributed by atoms with Gasteiger partial charge in [-0.25, -0.2) is 9.97 Å². The van der Waals surface area contributed by atoms with Crippen molar-refractivity contribution in [1.82, 2.24) is 9.97 Å². The maximum absolute atomic E-state index is 4.56. The molecule has 0 radical (unpaired) electrons. The van der Waals surface area contributed by atoms with E-state index in [9.17, 15) is 0 Å². The molecule has 0 N–H and O–H groups in total. The highest BCUT2D eigenvalue weighted by Gasteiger charge is 2.13. The van der Waals surface area contributed by atoms with Gasteiger partial charge < -0.3 is 0 Å². The lowest BCUT2D eigenvalue weighted by atomic mass is 10.1. The Bertz CT molecular complexity index is 1010. The zero-order valence-electron chi connectivity index (χ0n) is 13.6. The summed E-state index contributed by atoms with van der Waals surface area (Å²) >= 11 is 6.95. The molecule has 0 fully saturated rings. The summed E-state index contributed by atoms with van der Waals surface area (Å²) in [4.78, 5) is 10.1. The molecular formula is C20H15BrN2S2. The SMILES string of the molecule is Cc1ccc(CSc2ncnc3scc(-c4ccc(Br)cc4)c23)cc1. The van der Waals surface area contributed by atoms with Gasteiger partial charge in [-0.05, 0) is 30.2 Å². The van der Waals surface area contributed by atoms with Gasteiger partial charge in [0.25, 0.3) is 0 Å². The normalized spacial score (nSPS) is 11.1. The first kappa shape index (κ1) is 16.8. The molecule has 0 aliphatic carbocycles. The first-order chi connectivity index (χ1) is 12.2. The molecule has 0 unspecified atom stereocenters. The average molecular weight is 427 g/mol. The molecule has 0 saturated heterocycles. The number of thiophene rings is 1. The molecule has 0 spiro atoms. The Kier molecular flexibility index (Phi) is 4.88. The zero-order chi connectivity index (χ0) is 17.2. The fourth-order valence-corrected chi connectivity index (χ4v) is 4.85. The van der Waals surface area contributed by atoms with E-state index in [1.807, 2.05) is 0 Å². The van der Waals surface area contributed by atoms with Crippen LogP contribution in [0.5, 0.6) is 0 Å². The third-order valence-corrected chi connectivity index (χ3v) is 6.46. The molecule has 0 aliphatic heterocycles. The highest BCUT2D eigenvalue weighted by Crippen LogP contribution is 2.38. The summed E-state index contributed by atoms with van der Waals surface area (Å²) in [6, 6.07) is 17.1. The summed E-state index contributed by atoms with van der Waals surface area (Å²) in [6.45, 7) is 2.11. The van der Waals surface area contributed by atoms with Crippen molar-refractivity contribution in [3.8, 4) is 11.1 Å². The lowest BCUT2D eigenvalue weighted by molar-refractivity contribution is 1.11. The van der Waals surface area contributed by atoms with Crippen LogP contribution in [0, 0.1) is 6.92 Å². The topological polar surface area (TPSA) is 25.8 Å². The van der Waals surface area contributed by atoms with Gasteiger partial charge in [-0.2, -0.15) is 0 Å².